The number of rotatable bonds is 5. The van der Waals surface area contributed by atoms with E-state index in [1.807, 2.05) is 31.2 Å². The molecule has 0 aliphatic carbocycles. The van der Waals surface area contributed by atoms with E-state index >= 15 is 0 Å². The predicted molar refractivity (Wildman–Crippen MR) is 148 cm³/mol. The standard InChI is InChI=1S/C28H21N7O2S/c1-17-32-23-10-9-20(14-24(23)33-17)34-28(30)22(16-31-34)27(36)26-13-19-12-18(15-29)8-11-25(19)35(26)38(2,37)21-6-4-3-5-7-21/h3-14,16H,2,30H2,1H3,(H,32,33). The van der Waals surface area contributed by atoms with Crippen molar-refractivity contribution in [3.05, 3.63) is 102 Å². The summed E-state index contributed by atoms with van der Waals surface area (Å²) in [7, 11) is -3.17. The number of hydrogen-bond donors (Lipinski definition) is 2. The van der Waals surface area contributed by atoms with Gasteiger partial charge >= 0.3 is 0 Å². The number of fused-ring (bicyclic) bond motifs is 2. The van der Waals surface area contributed by atoms with Crippen molar-refractivity contribution < 1.29 is 9.00 Å². The van der Waals surface area contributed by atoms with Crippen LogP contribution in [0.4, 0.5) is 5.82 Å². The molecule has 9 nitrogen and oxygen atoms in total. The minimum atomic E-state index is -3.17. The van der Waals surface area contributed by atoms with Crippen molar-refractivity contribution in [1.29, 1.82) is 5.26 Å². The summed E-state index contributed by atoms with van der Waals surface area (Å²) in [4.78, 5) is 22.0. The Kier molecular flexibility index (Phi) is 5.19. The number of carbonyl (C=O) groups is 1. The number of carbonyl (C=O) groups excluding carboxylic acids is 1. The monoisotopic (exact) mass is 519 g/mol. The molecule has 0 amide bonds. The van der Waals surface area contributed by atoms with Crippen molar-refractivity contribution in [3.63, 3.8) is 0 Å². The Balaban J connectivity index is 1.52. The van der Waals surface area contributed by atoms with Gasteiger partial charge in [-0.05, 0) is 67.4 Å². The number of nitriles is 1. The van der Waals surface area contributed by atoms with E-state index in [9.17, 15) is 14.3 Å². The zero-order chi connectivity index (χ0) is 26.6. The van der Waals surface area contributed by atoms with Crippen LogP contribution in [0.2, 0.25) is 0 Å². The van der Waals surface area contributed by atoms with Gasteiger partial charge in [0, 0.05) is 10.3 Å². The van der Waals surface area contributed by atoms with Crippen molar-refractivity contribution in [1.82, 2.24) is 23.7 Å². The van der Waals surface area contributed by atoms with Crippen LogP contribution in [0.3, 0.4) is 0 Å². The molecule has 0 fully saturated rings. The molecule has 0 saturated heterocycles. The molecule has 3 N–H and O–H groups in total. The lowest BCUT2D eigenvalue weighted by Gasteiger charge is -2.16. The number of nitrogens with two attached hydrogens (primary N) is 1. The second kappa shape index (κ2) is 8.47. The highest BCUT2D eigenvalue weighted by molar-refractivity contribution is 7.99. The van der Waals surface area contributed by atoms with Gasteiger partial charge in [-0.1, -0.05) is 18.2 Å². The van der Waals surface area contributed by atoms with Crippen molar-refractivity contribution >= 4 is 49.1 Å². The number of hydrogen-bond acceptors (Lipinski definition) is 6. The topological polar surface area (TPSA) is 135 Å². The SMILES string of the molecule is C=S(=O)(c1ccccc1)n1c(C(=O)c2cnn(-c3ccc4nc(C)[nH]c4c3)c2N)cc2cc(C#N)ccc21. The van der Waals surface area contributed by atoms with Crippen LogP contribution in [-0.4, -0.2) is 39.6 Å². The van der Waals surface area contributed by atoms with Gasteiger partial charge in [0.2, 0.25) is 5.78 Å². The average Bonchev–Trinajstić information content (AvgIpc) is 3.61. The van der Waals surface area contributed by atoms with E-state index in [4.69, 9.17) is 5.73 Å². The average molecular weight is 520 g/mol. The summed E-state index contributed by atoms with van der Waals surface area (Å²) in [5, 5.41) is 14.4. The van der Waals surface area contributed by atoms with Gasteiger partial charge in [0.25, 0.3) is 0 Å². The van der Waals surface area contributed by atoms with Gasteiger partial charge in [-0.25, -0.2) is 13.9 Å². The normalized spacial score (nSPS) is 12.9. The van der Waals surface area contributed by atoms with E-state index in [2.05, 4.69) is 27.0 Å². The molecular weight excluding hydrogens is 498 g/mol. The van der Waals surface area contributed by atoms with E-state index < -0.39 is 15.5 Å². The minimum Gasteiger partial charge on any atom is -0.383 e. The Labute approximate surface area is 217 Å². The highest BCUT2D eigenvalue weighted by Crippen LogP contribution is 2.30. The third-order valence-electron chi connectivity index (χ3n) is 6.41. The zero-order valence-corrected chi connectivity index (χ0v) is 21.1. The van der Waals surface area contributed by atoms with Crippen LogP contribution in [-0.2, 0) is 9.71 Å². The molecule has 0 spiro atoms. The summed E-state index contributed by atoms with van der Waals surface area (Å²) in [5.41, 5.74) is 9.94. The molecule has 0 aliphatic heterocycles. The lowest BCUT2D eigenvalue weighted by molar-refractivity contribution is 0.103. The minimum absolute atomic E-state index is 0.129. The van der Waals surface area contributed by atoms with Crippen molar-refractivity contribution in [2.75, 3.05) is 5.73 Å². The first kappa shape index (κ1) is 23.3. The molecule has 0 radical (unpaired) electrons. The molecule has 0 saturated carbocycles. The largest absolute Gasteiger partial charge is 0.383 e. The summed E-state index contributed by atoms with van der Waals surface area (Å²) < 4.78 is 17.1. The van der Waals surface area contributed by atoms with Gasteiger partial charge < -0.3 is 10.7 Å². The van der Waals surface area contributed by atoms with Crippen LogP contribution in [0.5, 0.6) is 0 Å². The zero-order valence-electron chi connectivity index (χ0n) is 20.3. The molecule has 10 heteroatoms. The fourth-order valence-corrected chi connectivity index (χ4v) is 6.34. The Morgan fingerprint density at radius 2 is 1.89 bits per heavy atom. The van der Waals surface area contributed by atoms with Gasteiger partial charge in [0.05, 0.1) is 55.3 Å². The van der Waals surface area contributed by atoms with E-state index in [-0.39, 0.29) is 17.1 Å². The third kappa shape index (κ3) is 3.56. The molecule has 3 aromatic heterocycles. The quantitative estimate of drug-likeness (QED) is 0.258. The van der Waals surface area contributed by atoms with Gasteiger partial charge in [-0.2, -0.15) is 10.4 Å². The molecule has 1 unspecified atom stereocenters. The molecule has 0 aliphatic rings. The van der Waals surface area contributed by atoms with Crippen molar-refractivity contribution in [3.8, 4) is 11.8 Å². The van der Waals surface area contributed by atoms with Crippen LogP contribution >= 0.6 is 0 Å². The van der Waals surface area contributed by atoms with E-state index in [1.165, 1.54) is 14.9 Å². The number of benzene rings is 3. The van der Waals surface area contributed by atoms with Gasteiger partial charge in [0.15, 0.2) is 0 Å². The van der Waals surface area contributed by atoms with Crippen LogP contribution in [0.25, 0.3) is 27.6 Å². The van der Waals surface area contributed by atoms with Gasteiger partial charge in [-0.3, -0.25) is 8.77 Å². The first-order valence-corrected chi connectivity index (χ1v) is 13.3. The van der Waals surface area contributed by atoms with Crippen LogP contribution in [0, 0.1) is 18.3 Å². The Hall–Kier alpha value is -5.14. The number of anilines is 1. The molecule has 1 atom stereocenters. The number of aromatic nitrogens is 5. The smallest absolute Gasteiger partial charge is 0.215 e. The Bertz CT molecular complexity index is 2040. The summed E-state index contributed by atoms with van der Waals surface area (Å²) in [6.07, 6.45) is 1.40. The second-order valence-corrected chi connectivity index (χ2v) is 11.0. The van der Waals surface area contributed by atoms with E-state index in [0.717, 1.165) is 16.9 Å². The summed E-state index contributed by atoms with van der Waals surface area (Å²) in [6, 6.07) is 22.9. The number of aromatic amines is 1. The number of nitrogen functional groups attached to an aromatic ring is 1. The second-order valence-electron chi connectivity index (χ2n) is 8.87. The summed E-state index contributed by atoms with van der Waals surface area (Å²) in [6.45, 7) is 1.87. The Morgan fingerprint density at radius 3 is 2.66 bits per heavy atom. The molecule has 3 heterocycles. The first-order valence-electron chi connectivity index (χ1n) is 11.6. The number of H-pyrrole nitrogens is 1. The van der Waals surface area contributed by atoms with Crippen LogP contribution in [0.15, 0.2) is 83.9 Å². The lowest BCUT2D eigenvalue weighted by atomic mass is 10.1. The number of nitrogens with zero attached hydrogens (tertiary/aromatic N) is 5. The maximum atomic E-state index is 14.2. The third-order valence-corrected chi connectivity index (χ3v) is 8.40. The Morgan fingerprint density at radius 1 is 1.11 bits per heavy atom. The van der Waals surface area contributed by atoms with Gasteiger partial charge in [-0.15, -0.1) is 0 Å². The number of nitrogens with one attached hydrogen (secondary N) is 1. The summed E-state index contributed by atoms with van der Waals surface area (Å²) in [5.74, 6) is 4.48. The lowest BCUT2D eigenvalue weighted by Crippen LogP contribution is -2.19. The highest BCUT2D eigenvalue weighted by atomic mass is 32.2. The van der Waals surface area contributed by atoms with Crippen molar-refractivity contribution in [2.24, 2.45) is 0 Å². The number of aryl methyl sites for hydroxylation is 1. The molecular formula is C28H21N7O2S. The number of ketones is 1. The summed E-state index contributed by atoms with van der Waals surface area (Å²) >= 11 is 0. The van der Waals surface area contributed by atoms with E-state index in [1.54, 1.807) is 48.5 Å². The molecule has 3 aromatic carbocycles. The first-order chi connectivity index (χ1) is 18.3. The number of imidazole rings is 1. The van der Waals surface area contributed by atoms with Crippen LogP contribution in [0.1, 0.15) is 27.4 Å². The predicted octanol–water partition coefficient (Wildman–Crippen LogP) is 4.24. The fourth-order valence-electron chi connectivity index (χ4n) is 4.61. The molecule has 6 rings (SSSR count). The van der Waals surface area contributed by atoms with E-state index in [0.29, 0.717) is 27.0 Å². The molecule has 186 valence electrons. The maximum Gasteiger partial charge on any atom is 0.215 e. The highest BCUT2D eigenvalue weighted by Gasteiger charge is 2.26. The molecule has 6 aromatic rings. The van der Waals surface area contributed by atoms with Gasteiger partial charge in [0.1, 0.15) is 17.3 Å². The fraction of sp³-hybridized carbons (Fsp3) is 0.0357. The van der Waals surface area contributed by atoms with Crippen LogP contribution < -0.4 is 5.73 Å². The van der Waals surface area contributed by atoms with Crippen molar-refractivity contribution in [2.45, 2.75) is 11.8 Å². The molecule has 0 bridgehead atoms. The molecule has 38 heavy (non-hydrogen) atoms. The maximum absolute atomic E-state index is 14.2.